The van der Waals surface area contributed by atoms with Gasteiger partial charge in [-0.25, -0.2) is 21.6 Å². The number of halogens is 2. The Morgan fingerprint density at radius 1 is 0.958 bits per heavy atom. The first-order valence-electron chi connectivity index (χ1n) is 6.59. The molecular weight excluding hydrogens is 440 g/mol. The third kappa shape index (κ3) is 4.09. The molecule has 2 aromatic carbocycles. The third-order valence-corrected chi connectivity index (χ3v) is 7.10. The van der Waals surface area contributed by atoms with Gasteiger partial charge in [-0.15, -0.1) is 0 Å². The van der Waals surface area contributed by atoms with Crippen molar-refractivity contribution in [2.45, 2.75) is 16.7 Å². The van der Waals surface area contributed by atoms with E-state index in [0.717, 1.165) is 0 Å². The normalized spacial score (nSPS) is 12.2. The van der Waals surface area contributed by atoms with E-state index in [9.17, 15) is 16.8 Å². The fraction of sp³-hybridized carbons (Fsp3) is 0.143. The van der Waals surface area contributed by atoms with Crippen LogP contribution in [0.4, 0.5) is 5.69 Å². The van der Waals surface area contributed by atoms with Crippen molar-refractivity contribution in [3.8, 4) is 0 Å². The molecule has 0 amide bonds. The summed E-state index contributed by atoms with van der Waals surface area (Å²) in [6.45, 7) is 1.62. The first-order chi connectivity index (χ1) is 11.1. The van der Waals surface area contributed by atoms with Gasteiger partial charge < -0.3 is 0 Å². The predicted octanol–water partition coefficient (Wildman–Crippen LogP) is 3.12. The highest BCUT2D eigenvalue weighted by atomic mass is 79.9. The van der Waals surface area contributed by atoms with E-state index in [0.29, 0.717) is 10.0 Å². The number of nitrogens with one attached hydrogen (secondary N) is 2. The lowest BCUT2D eigenvalue weighted by molar-refractivity contribution is 0.587. The van der Waals surface area contributed by atoms with Crippen LogP contribution in [0.3, 0.4) is 0 Å². The topological polar surface area (TPSA) is 92.3 Å². The zero-order chi connectivity index (χ0) is 18.1. The molecule has 2 N–H and O–H groups in total. The molecule has 0 aliphatic heterocycles. The van der Waals surface area contributed by atoms with E-state index in [-0.39, 0.29) is 20.5 Å². The van der Waals surface area contributed by atoms with E-state index in [1.165, 1.54) is 37.4 Å². The van der Waals surface area contributed by atoms with E-state index in [4.69, 9.17) is 11.6 Å². The lowest BCUT2D eigenvalue weighted by Crippen LogP contribution is -2.20. The average Bonchev–Trinajstić information content (AvgIpc) is 2.48. The molecule has 6 nitrogen and oxygen atoms in total. The maximum Gasteiger partial charge on any atom is 0.263 e. The second-order valence-electron chi connectivity index (χ2n) is 4.87. The maximum absolute atomic E-state index is 12.5. The molecule has 0 aliphatic rings. The Morgan fingerprint density at radius 3 is 2.21 bits per heavy atom. The summed E-state index contributed by atoms with van der Waals surface area (Å²) in [7, 11) is -6.38. The molecule has 0 atom stereocenters. The summed E-state index contributed by atoms with van der Waals surface area (Å²) < 4.78 is 54.1. The van der Waals surface area contributed by atoms with Gasteiger partial charge in [-0.3, -0.25) is 4.72 Å². The molecule has 0 aromatic heterocycles. The number of anilines is 1. The molecular formula is C14H14BrClN2O4S2. The van der Waals surface area contributed by atoms with Crippen LogP contribution in [0, 0.1) is 6.92 Å². The monoisotopic (exact) mass is 452 g/mol. The molecule has 0 unspecified atom stereocenters. The molecule has 0 saturated heterocycles. The van der Waals surface area contributed by atoms with Crippen molar-refractivity contribution in [2.24, 2.45) is 0 Å². The van der Waals surface area contributed by atoms with E-state index in [2.05, 4.69) is 25.4 Å². The average molecular weight is 454 g/mol. The predicted molar refractivity (Wildman–Crippen MR) is 97.4 cm³/mol. The van der Waals surface area contributed by atoms with E-state index >= 15 is 0 Å². The number of sulfonamides is 2. The van der Waals surface area contributed by atoms with Gasteiger partial charge in [-0.1, -0.05) is 33.6 Å². The molecule has 0 saturated carbocycles. The number of rotatable bonds is 5. The summed E-state index contributed by atoms with van der Waals surface area (Å²) in [6, 6.07) is 8.62. The van der Waals surface area contributed by atoms with Crippen molar-refractivity contribution >= 4 is 53.3 Å². The Kier molecular flexibility index (Phi) is 5.61. The molecule has 10 heteroatoms. The van der Waals surface area contributed by atoms with Crippen LogP contribution in [0.15, 0.2) is 50.7 Å². The zero-order valence-electron chi connectivity index (χ0n) is 12.7. The maximum atomic E-state index is 12.5. The summed E-state index contributed by atoms with van der Waals surface area (Å²) >= 11 is 9.18. The van der Waals surface area contributed by atoms with Crippen molar-refractivity contribution in [1.82, 2.24) is 4.72 Å². The van der Waals surface area contributed by atoms with Crippen molar-refractivity contribution < 1.29 is 16.8 Å². The molecule has 2 rings (SSSR count). The van der Waals surface area contributed by atoms with Crippen LogP contribution >= 0.6 is 27.5 Å². The van der Waals surface area contributed by atoms with Crippen LogP contribution in [0.1, 0.15) is 5.56 Å². The molecule has 0 radical (unpaired) electrons. The molecule has 130 valence electrons. The third-order valence-electron chi connectivity index (χ3n) is 3.18. The Labute approximate surface area is 154 Å². The van der Waals surface area contributed by atoms with Crippen LogP contribution in [0.2, 0.25) is 5.02 Å². The molecule has 2 aromatic rings. The first-order valence-corrected chi connectivity index (χ1v) is 10.7. The molecule has 0 heterocycles. The smallest absolute Gasteiger partial charge is 0.263 e. The summed E-state index contributed by atoms with van der Waals surface area (Å²) in [4.78, 5) is -0.113. The first kappa shape index (κ1) is 19.2. The largest absolute Gasteiger partial charge is 0.280 e. The highest BCUT2D eigenvalue weighted by Crippen LogP contribution is 2.28. The lowest BCUT2D eigenvalue weighted by atomic mass is 10.2. The number of benzene rings is 2. The van der Waals surface area contributed by atoms with E-state index in [1.54, 1.807) is 13.0 Å². The van der Waals surface area contributed by atoms with E-state index < -0.39 is 20.0 Å². The minimum atomic E-state index is -3.96. The molecule has 0 spiro atoms. The number of hydrogen-bond acceptors (Lipinski definition) is 4. The summed E-state index contributed by atoms with van der Waals surface area (Å²) in [6.07, 6.45) is 0. The van der Waals surface area contributed by atoms with Crippen molar-refractivity contribution in [2.75, 3.05) is 11.8 Å². The summed E-state index contributed by atoms with van der Waals surface area (Å²) in [5, 5.41) is 0.0482. The summed E-state index contributed by atoms with van der Waals surface area (Å²) in [5.41, 5.74) is 0.613. The number of hydrogen-bond donors (Lipinski definition) is 2. The highest BCUT2D eigenvalue weighted by Gasteiger charge is 2.20. The minimum Gasteiger partial charge on any atom is -0.280 e. The molecule has 0 bridgehead atoms. The van der Waals surface area contributed by atoms with Gasteiger partial charge in [0.25, 0.3) is 10.0 Å². The van der Waals surface area contributed by atoms with Gasteiger partial charge in [0.2, 0.25) is 10.0 Å². The van der Waals surface area contributed by atoms with Gasteiger partial charge in [0.1, 0.15) is 4.90 Å². The quantitative estimate of drug-likeness (QED) is 0.727. The van der Waals surface area contributed by atoms with Crippen LogP contribution in [0.5, 0.6) is 0 Å². The van der Waals surface area contributed by atoms with Gasteiger partial charge in [0.05, 0.1) is 15.6 Å². The van der Waals surface area contributed by atoms with Gasteiger partial charge in [0, 0.05) is 4.47 Å². The van der Waals surface area contributed by atoms with Crippen LogP contribution < -0.4 is 9.44 Å². The standard InChI is InChI=1S/C14H14BrClN2O4S2/c1-9-3-5-11(8-14(9)23(19,20)17-2)18-24(21,22)13-6-4-10(15)7-12(13)16/h3-8,17-18H,1-2H3. The van der Waals surface area contributed by atoms with Crippen molar-refractivity contribution in [3.63, 3.8) is 0 Å². The molecule has 24 heavy (non-hydrogen) atoms. The Balaban J connectivity index is 2.46. The van der Waals surface area contributed by atoms with Crippen LogP contribution in [0.25, 0.3) is 0 Å². The van der Waals surface area contributed by atoms with Crippen molar-refractivity contribution in [1.29, 1.82) is 0 Å². The van der Waals surface area contributed by atoms with Gasteiger partial charge in [-0.05, 0) is 49.9 Å². The Hall–Kier alpha value is -1.13. The number of aryl methyl sites for hydroxylation is 1. The van der Waals surface area contributed by atoms with E-state index in [1.807, 2.05) is 0 Å². The van der Waals surface area contributed by atoms with Gasteiger partial charge in [0.15, 0.2) is 0 Å². The Bertz CT molecular complexity index is 992. The fourth-order valence-electron chi connectivity index (χ4n) is 1.97. The van der Waals surface area contributed by atoms with Crippen LogP contribution in [-0.2, 0) is 20.0 Å². The minimum absolute atomic E-state index is 0.00731. The SMILES string of the molecule is CNS(=O)(=O)c1cc(NS(=O)(=O)c2ccc(Br)cc2Cl)ccc1C. The van der Waals surface area contributed by atoms with Gasteiger partial charge >= 0.3 is 0 Å². The lowest BCUT2D eigenvalue weighted by Gasteiger charge is -2.12. The second kappa shape index (κ2) is 7.01. The Morgan fingerprint density at radius 2 is 1.62 bits per heavy atom. The second-order valence-corrected chi connectivity index (χ2v) is 9.70. The van der Waals surface area contributed by atoms with Crippen LogP contribution in [-0.4, -0.2) is 23.9 Å². The molecule has 0 aliphatic carbocycles. The zero-order valence-corrected chi connectivity index (χ0v) is 16.6. The molecule has 0 fully saturated rings. The highest BCUT2D eigenvalue weighted by molar-refractivity contribution is 9.10. The summed E-state index contributed by atoms with van der Waals surface area (Å²) in [5.74, 6) is 0. The fourth-order valence-corrected chi connectivity index (χ4v) is 5.05. The van der Waals surface area contributed by atoms with Gasteiger partial charge in [-0.2, -0.15) is 0 Å². The van der Waals surface area contributed by atoms with Crippen molar-refractivity contribution in [3.05, 3.63) is 51.5 Å².